The van der Waals surface area contributed by atoms with Crippen LogP contribution >= 0.6 is 0 Å². The Morgan fingerprint density at radius 2 is 1.67 bits per heavy atom. The molecular formula is C18H18O6. The van der Waals surface area contributed by atoms with E-state index in [9.17, 15) is 9.59 Å². The number of esters is 2. The fourth-order valence-electron chi connectivity index (χ4n) is 1.90. The molecule has 6 nitrogen and oxygen atoms in total. The third-order valence-corrected chi connectivity index (χ3v) is 2.97. The van der Waals surface area contributed by atoms with Crippen molar-refractivity contribution in [3.05, 3.63) is 54.1 Å². The van der Waals surface area contributed by atoms with Crippen LogP contribution in [0.15, 0.2) is 48.5 Å². The summed E-state index contributed by atoms with van der Waals surface area (Å²) in [6.07, 6.45) is 0. The predicted octanol–water partition coefficient (Wildman–Crippen LogP) is 2.86. The van der Waals surface area contributed by atoms with Crippen molar-refractivity contribution in [2.24, 2.45) is 0 Å². The van der Waals surface area contributed by atoms with Gasteiger partial charge in [0.25, 0.3) is 0 Å². The molecule has 0 aromatic heterocycles. The highest BCUT2D eigenvalue weighted by Crippen LogP contribution is 2.19. The van der Waals surface area contributed by atoms with E-state index in [1.54, 1.807) is 56.5 Å². The minimum absolute atomic E-state index is 0.250. The first-order valence-electron chi connectivity index (χ1n) is 7.37. The molecule has 0 spiro atoms. The van der Waals surface area contributed by atoms with Gasteiger partial charge in [-0.15, -0.1) is 0 Å². The van der Waals surface area contributed by atoms with Crippen LogP contribution in [0.5, 0.6) is 17.2 Å². The maximum Gasteiger partial charge on any atom is 0.349 e. The van der Waals surface area contributed by atoms with Crippen LogP contribution in [-0.2, 0) is 9.53 Å². The lowest BCUT2D eigenvalue weighted by Crippen LogP contribution is -2.18. The average Bonchev–Trinajstić information content (AvgIpc) is 2.60. The predicted molar refractivity (Wildman–Crippen MR) is 86.5 cm³/mol. The first-order chi connectivity index (χ1) is 11.6. The zero-order valence-electron chi connectivity index (χ0n) is 13.5. The fraction of sp³-hybridized carbons (Fsp3) is 0.222. The van der Waals surface area contributed by atoms with Crippen molar-refractivity contribution in [2.45, 2.75) is 6.92 Å². The molecule has 0 bridgehead atoms. The Kier molecular flexibility index (Phi) is 6.19. The third kappa shape index (κ3) is 5.01. The molecule has 0 unspecified atom stereocenters. The van der Waals surface area contributed by atoms with E-state index in [4.69, 9.17) is 18.9 Å². The normalized spacial score (nSPS) is 9.92. The second kappa shape index (κ2) is 8.57. The van der Waals surface area contributed by atoms with Gasteiger partial charge in [0, 0.05) is 6.07 Å². The third-order valence-electron chi connectivity index (χ3n) is 2.97. The zero-order chi connectivity index (χ0) is 17.4. The van der Waals surface area contributed by atoms with Crippen LogP contribution in [0.2, 0.25) is 0 Å². The molecule has 6 heteroatoms. The average molecular weight is 330 g/mol. The van der Waals surface area contributed by atoms with Crippen LogP contribution in [0.1, 0.15) is 17.3 Å². The Balaban J connectivity index is 1.92. The van der Waals surface area contributed by atoms with Gasteiger partial charge >= 0.3 is 11.9 Å². The molecule has 0 N–H and O–H groups in total. The summed E-state index contributed by atoms with van der Waals surface area (Å²) in [5.74, 6) is 0.316. The molecule has 2 aromatic carbocycles. The second-order valence-corrected chi connectivity index (χ2v) is 4.69. The molecule has 0 atom stereocenters. The SMILES string of the molecule is CCOC(=O)c1cccc(OC(=O)COc2cccc(OC)c2)c1. The lowest BCUT2D eigenvalue weighted by atomic mass is 10.2. The molecule has 2 rings (SSSR count). The Morgan fingerprint density at radius 1 is 0.958 bits per heavy atom. The maximum absolute atomic E-state index is 11.9. The summed E-state index contributed by atoms with van der Waals surface area (Å²) in [6, 6.07) is 13.1. The first-order valence-corrected chi connectivity index (χ1v) is 7.37. The quantitative estimate of drug-likeness (QED) is 0.574. The summed E-state index contributed by atoms with van der Waals surface area (Å²) in [5.41, 5.74) is 0.316. The summed E-state index contributed by atoms with van der Waals surface area (Å²) in [6.45, 7) is 1.73. The van der Waals surface area contributed by atoms with E-state index in [-0.39, 0.29) is 19.0 Å². The minimum atomic E-state index is -0.584. The van der Waals surface area contributed by atoms with Crippen molar-refractivity contribution in [1.82, 2.24) is 0 Å². The minimum Gasteiger partial charge on any atom is -0.497 e. The van der Waals surface area contributed by atoms with Crippen molar-refractivity contribution in [2.75, 3.05) is 20.3 Å². The monoisotopic (exact) mass is 330 g/mol. The smallest absolute Gasteiger partial charge is 0.349 e. The highest BCUT2D eigenvalue weighted by atomic mass is 16.6. The lowest BCUT2D eigenvalue weighted by molar-refractivity contribution is -0.136. The van der Waals surface area contributed by atoms with Crippen molar-refractivity contribution in [3.63, 3.8) is 0 Å². The molecule has 24 heavy (non-hydrogen) atoms. The standard InChI is InChI=1S/C18H18O6/c1-3-22-18(20)13-6-4-9-16(10-13)24-17(19)12-23-15-8-5-7-14(11-15)21-2/h4-11H,3,12H2,1-2H3. The summed E-state index contributed by atoms with van der Waals surface area (Å²) in [4.78, 5) is 23.5. The van der Waals surface area contributed by atoms with Gasteiger partial charge in [0.1, 0.15) is 17.2 Å². The summed E-state index contributed by atoms with van der Waals surface area (Å²) >= 11 is 0. The van der Waals surface area contributed by atoms with Crippen LogP contribution in [0.25, 0.3) is 0 Å². The van der Waals surface area contributed by atoms with Crippen LogP contribution in [-0.4, -0.2) is 32.3 Å². The number of rotatable bonds is 7. The van der Waals surface area contributed by atoms with Gasteiger partial charge in [-0.3, -0.25) is 0 Å². The Morgan fingerprint density at radius 3 is 2.42 bits per heavy atom. The van der Waals surface area contributed by atoms with Gasteiger partial charge in [0.15, 0.2) is 6.61 Å². The largest absolute Gasteiger partial charge is 0.497 e. The van der Waals surface area contributed by atoms with Gasteiger partial charge in [-0.25, -0.2) is 9.59 Å². The molecule has 2 aromatic rings. The molecule has 0 aliphatic carbocycles. The van der Waals surface area contributed by atoms with Gasteiger partial charge in [0.05, 0.1) is 19.3 Å². The van der Waals surface area contributed by atoms with Crippen LogP contribution in [0, 0.1) is 0 Å². The van der Waals surface area contributed by atoms with E-state index in [2.05, 4.69) is 0 Å². The van der Waals surface area contributed by atoms with E-state index in [1.165, 1.54) is 6.07 Å². The Bertz CT molecular complexity index is 710. The van der Waals surface area contributed by atoms with Gasteiger partial charge in [0.2, 0.25) is 0 Å². The topological polar surface area (TPSA) is 71.1 Å². The summed E-state index contributed by atoms with van der Waals surface area (Å²) in [5, 5.41) is 0. The van der Waals surface area contributed by atoms with Crippen LogP contribution in [0.4, 0.5) is 0 Å². The molecule has 0 fully saturated rings. The molecule has 0 radical (unpaired) electrons. The van der Waals surface area contributed by atoms with Gasteiger partial charge in [-0.05, 0) is 37.3 Å². The van der Waals surface area contributed by atoms with Crippen molar-refractivity contribution in [1.29, 1.82) is 0 Å². The van der Waals surface area contributed by atoms with Gasteiger partial charge in [-0.1, -0.05) is 12.1 Å². The van der Waals surface area contributed by atoms with E-state index in [1.807, 2.05) is 0 Å². The van der Waals surface area contributed by atoms with E-state index in [0.29, 0.717) is 17.1 Å². The summed E-state index contributed by atoms with van der Waals surface area (Å²) in [7, 11) is 1.55. The van der Waals surface area contributed by atoms with Crippen molar-refractivity contribution in [3.8, 4) is 17.2 Å². The van der Waals surface area contributed by atoms with Crippen LogP contribution < -0.4 is 14.2 Å². The highest BCUT2D eigenvalue weighted by molar-refractivity contribution is 5.90. The number of carbonyl (C=O) groups is 2. The van der Waals surface area contributed by atoms with E-state index in [0.717, 1.165) is 0 Å². The molecule has 0 saturated carbocycles. The zero-order valence-corrected chi connectivity index (χ0v) is 13.5. The number of benzene rings is 2. The summed E-state index contributed by atoms with van der Waals surface area (Å²) < 4.78 is 20.5. The fourth-order valence-corrected chi connectivity index (χ4v) is 1.90. The number of hydrogen-bond donors (Lipinski definition) is 0. The molecule has 126 valence electrons. The number of methoxy groups -OCH3 is 1. The molecule has 0 aliphatic rings. The lowest BCUT2D eigenvalue weighted by Gasteiger charge is -2.08. The van der Waals surface area contributed by atoms with E-state index >= 15 is 0 Å². The number of carbonyl (C=O) groups excluding carboxylic acids is 2. The second-order valence-electron chi connectivity index (χ2n) is 4.69. The van der Waals surface area contributed by atoms with Crippen molar-refractivity contribution < 1.29 is 28.5 Å². The molecule has 0 amide bonds. The first kappa shape index (κ1) is 17.3. The Hall–Kier alpha value is -3.02. The van der Waals surface area contributed by atoms with Crippen molar-refractivity contribution >= 4 is 11.9 Å². The number of ether oxygens (including phenoxy) is 4. The highest BCUT2D eigenvalue weighted by Gasteiger charge is 2.11. The van der Waals surface area contributed by atoms with Crippen LogP contribution in [0.3, 0.4) is 0 Å². The Labute approximate surface area is 139 Å². The molecule has 0 saturated heterocycles. The molecular weight excluding hydrogens is 312 g/mol. The van der Waals surface area contributed by atoms with Gasteiger partial charge < -0.3 is 18.9 Å². The van der Waals surface area contributed by atoms with E-state index < -0.39 is 11.9 Å². The number of hydrogen-bond acceptors (Lipinski definition) is 6. The molecule has 0 aliphatic heterocycles. The van der Waals surface area contributed by atoms with Gasteiger partial charge in [-0.2, -0.15) is 0 Å². The molecule has 0 heterocycles. The maximum atomic E-state index is 11.9.